The van der Waals surface area contributed by atoms with Crippen molar-refractivity contribution in [2.45, 2.75) is 25.8 Å². The molecule has 2 aliphatic rings. The topological polar surface area (TPSA) is 98.4 Å². The van der Waals surface area contributed by atoms with Crippen LogP contribution in [-0.4, -0.2) is 51.6 Å². The molecule has 2 aromatic rings. The molecule has 1 atom stereocenters. The molecule has 3 heterocycles. The number of hydrogen-bond acceptors (Lipinski definition) is 4. The van der Waals surface area contributed by atoms with Gasteiger partial charge in [0.05, 0.1) is 17.3 Å². The second kappa shape index (κ2) is 8.02. The van der Waals surface area contributed by atoms with Gasteiger partial charge in [-0.3, -0.25) is 9.59 Å². The van der Waals surface area contributed by atoms with Crippen LogP contribution >= 0.6 is 0 Å². The summed E-state index contributed by atoms with van der Waals surface area (Å²) >= 11 is 0. The third kappa shape index (κ3) is 4.13. The van der Waals surface area contributed by atoms with Crippen molar-refractivity contribution in [1.29, 1.82) is 0 Å². The second-order valence-corrected chi connectivity index (χ2v) is 7.41. The lowest BCUT2D eigenvalue weighted by Crippen LogP contribution is -2.49. The molecule has 0 aliphatic carbocycles. The molecule has 152 valence electrons. The number of likely N-dealkylation sites (tertiary alicyclic amines) is 1. The van der Waals surface area contributed by atoms with Crippen molar-refractivity contribution < 1.29 is 14.0 Å². The van der Waals surface area contributed by atoms with E-state index in [-0.39, 0.29) is 29.6 Å². The lowest BCUT2D eigenvalue weighted by atomic mass is 9.95. The Labute approximate surface area is 166 Å². The molecular formula is C20H22FN5O3. The van der Waals surface area contributed by atoms with Crippen molar-refractivity contribution >= 4 is 17.6 Å². The predicted octanol–water partition coefficient (Wildman–Crippen LogP) is 1.74. The number of para-hydroxylation sites is 1. The molecule has 3 amide bonds. The number of rotatable bonds is 2. The molecule has 4 rings (SSSR count). The number of carbonyl (C=O) groups excluding carboxylic acids is 2. The number of halogens is 1. The standard InChI is InChI=1S/C20H22FN5O3/c21-15-5-1-2-6-17(15)22-20(29)26-8-3-4-13(11-26)19(28)25-9-7-16-14(12-25)10-18(27)24-23-16/h1-2,5-6,10,13H,3-4,7-9,11-12H2,(H,22,29)(H,24,27). The van der Waals surface area contributed by atoms with E-state index in [0.717, 1.165) is 11.3 Å². The number of aromatic amines is 1. The van der Waals surface area contributed by atoms with E-state index in [1.54, 1.807) is 21.9 Å². The van der Waals surface area contributed by atoms with Gasteiger partial charge in [0, 0.05) is 44.2 Å². The number of H-pyrrole nitrogens is 1. The van der Waals surface area contributed by atoms with E-state index >= 15 is 0 Å². The van der Waals surface area contributed by atoms with Crippen LogP contribution in [0.25, 0.3) is 0 Å². The Kier molecular flexibility index (Phi) is 5.28. The number of urea groups is 1. The van der Waals surface area contributed by atoms with E-state index in [1.165, 1.54) is 18.2 Å². The highest BCUT2D eigenvalue weighted by molar-refractivity contribution is 5.90. The highest BCUT2D eigenvalue weighted by Gasteiger charge is 2.33. The number of benzene rings is 1. The number of amides is 3. The quantitative estimate of drug-likeness (QED) is 0.804. The van der Waals surface area contributed by atoms with Gasteiger partial charge in [0.15, 0.2) is 0 Å². The van der Waals surface area contributed by atoms with Crippen molar-refractivity contribution in [3.63, 3.8) is 0 Å². The Hall–Kier alpha value is -3.23. The Balaban J connectivity index is 1.40. The summed E-state index contributed by atoms with van der Waals surface area (Å²) in [7, 11) is 0. The number of carbonyl (C=O) groups is 2. The van der Waals surface area contributed by atoms with Crippen LogP contribution in [0.3, 0.4) is 0 Å². The smallest absolute Gasteiger partial charge is 0.321 e. The molecule has 2 aliphatic heterocycles. The van der Waals surface area contributed by atoms with Crippen molar-refractivity contribution in [2.24, 2.45) is 5.92 Å². The van der Waals surface area contributed by atoms with Gasteiger partial charge in [-0.15, -0.1) is 0 Å². The van der Waals surface area contributed by atoms with Gasteiger partial charge in [-0.1, -0.05) is 12.1 Å². The van der Waals surface area contributed by atoms with Gasteiger partial charge in [0.25, 0.3) is 5.56 Å². The number of piperidine rings is 1. The summed E-state index contributed by atoms with van der Waals surface area (Å²) in [6.45, 7) is 1.69. The highest BCUT2D eigenvalue weighted by atomic mass is 19.1. The van der Waals surface area contributed by atoms with E-state index in [2.05, 4.69) is 15.5 Å². The minimum atomic E-state index is -0.499. The maximum Gasteiger partial charge on any atom is 0.321 e. The number of fused-ring (bicyclic) bond motifs is 1. The average molecular weight is 399 g/mol. The first-order chi connectivity index (χ1) is 14.0. The average Bonchev–Trinajstić information content (AvgIpc) is 2.74. The zero-order valence-corrected chi connectivity index (χ0v) is 15.9. The van der Waals surface area contributed by atoms with Crippen LogP contribution in [0.1, 0.15) is 24.1 Å². The van der Waals surface area contributed by atoms with Gasteiger partial charge in [-0.05, 0) is 25.0 Å². The van der Waals surface area contributed by atoms with E-state index in [4.69, 9.17) is 0 Å². The van der Waals surface area contributed by atoms with Crippen LogP contribution in [0.4, 0.5) is 14.9 Å². The molecule has 9 heteroatoms. The summed E-state index contributed by atoms with van der Waals surface area (Å²) in [5, 5.41) is 9.04. The van der Waals surface area contributed by atoms with Crippen LogP contribution in [0.15, 0.2) is 35.1 Å². The van der Waals surface area contributed by atoms with Gasteiger partial charge in [0.2, 0.25) is 5.91 Å². The molecule has 1 unspecified atom stereocenters. The first kappa shape index (κ1) is 19.1. The van der Waals surface area contributed by atoms with Gasteiger partial charge in [-0.2, -0.15) is 5.10 Å². The van der Waals surface area contributed by atoms with E-state index < -0.39 is 11.8 Å². The fourth-order valence-electron chi connectivity index (χ4n) is 3.91. The Morgan fingerprint density at radius 2 is 2.03 bits per heavy atom. The van der Waals surface area contributed by atoms with E-state index in [1.807, 2.05) is 0 Å². The van der Waals surface area contributed by atoms with Crippen molar-refractivity contribution in [3.8, 4) is 0 Å². The van der Waals surface area contributed by atoms with Crippen LogP contribution in [0.5, 0.6) is 0 Å². The zero-order valence-electron chi connectivity index (χ0n) is 15.9. The number of nitrogens with one attached hydrogen (secondary N) is 2. The fraction of sp³-hybridized carbons (Fsp3) is 0.400. The second-order valence-electron chi connectivity index (χ2n) is 7.41. The third-order valence-corrected chi connectivity index (χ3v) is 5.44. The van der Waals surface area contributed by atoms with Gasteiger partial charge in [-0.25, -0.2) is 14.3 Å². The van der Waals surface area contributed by atoms with Crippen LogP contribution < -0.4 is 10.9 Å². The summed E-state index contributed by atoms with van der Waals surface area (Å²) in [6.07, 6.45) is 1.98. The lowest BCUT2D eigenvalue weighted by Gasteiger charge is -2.36. The van der Waals surface area contributed by atoms with E-state index in [9.17, 15) is 18.8 Å². The summed E-state index contributed by atoms with van der Waals surface area (Å²) in [5.41, 5.74) is 1.41. The first-order valence-electron chi connectivity index (χ1n) is 9.68. The third-order valence-electron chi connectivity index (χ3n) is 5.44. The SMILES string of the molecule is O=C(Nc1ccccc1F)N1CCCC(C(=O)N2CCc3n[nH]c(=O)cc3C2)C1. The lowest BCUT2D eigenvalue weighted by molar-refractivity contribution is -0.137. The molecule has 0 bridgehead atoms. The van der Waals surface area contributed by atoms with E-state index in [0.29, 0.717) is 38.9 Å². The number of anilines is 1. The van der Waals surface area contributed by atoms with Gasteiger partial charge < -0.3 is 15.1 Å². The number of nitrogens with zero attached hydrogens (tertiary/aromatic N) is 3. The zero-order chi connectivity index (χ0) is 20.4. The van der Waals surface area contributed by atoms with Crippen LogP contribution in [0.2, 0.25) is 0 Å². The fourth-order valence-corrected chi connectivity index (χ4v) is 3.91. The summed E-state index contributed by atoms with van der Waals surface area (Å²) in [4.78, 5) is 40.4. The molecule has 1 saturated heterocycles. The Bertz CT molecular complexity index is 992. The predicted molar refractivity (Wildman–Crippen MR) is 104 cm³/mol. The molecule has 1 fully saturated rings. The van der Waals surface area contributed by atoms with Gasteiger partial charge >= 0.3 is 6.03 Å². The largest absolute Gasteiger partial charge is 0.338 e. The van der Waals surface area contributed by atoms with Crippen molar-refractivity contribution in [1.82, 2.24) is 20.0 Å². The minimum absolute atomic E-state index is 0.0284. The molecule has 0 radical (unpaired) electrons. The van der Waals surface area contributed by atoms with Crippen LogP contribution in [0, 0.1) is 11.7 Å². The molecule has 8 nitrogen and oxygen atoms in total. The molecule has 0 saturated carbocycles. The van der Waals surface area contributed by atoms with Crippen molar-refractivity contribution in [3.05, 3.63) is 57.8 Å². The minimum Gasteiger partial charge on any atom is -0.338 e. The molecule has 0 spiro atoms. The van der Waals surface area contributed by atoms with Gasteiger partial charge in [0.1, 0.15) is 5.82 Å². The van der Waals surface area contributed by atoms with Crippen LogP contribution in [-0.2, 0) is 17.8 Å². The molecule has 2 N–H and O–H groups in total. The molecule has 1 aromatic heterocycles. The molecule has 29 heavy (non-hydrogen) atoms. The maximum atomic E-state index is 13.8. The monoisotopic (exact) mass is 399 g/mol. The molecular weight excluding hydrogens is 377 g/mol. The first-order valence-corrected chi connectivity index (χ1v) is 9.68. The Morgan fingerprint density at radius 3 is 2.86 bits per heavy atom. The summed E-state index contributed by atoms with van der Waals surface area (Å²) < 4.78 is 13.8. The normalized spacial score (nSPS) is 18.9. The highest BCUT2D eigenvalue weighted by Crippen LogP contribution is 2.23. The molecule has 1 aromatic carbocycles. The number of hydrogen-bond donors (Lipinski definition) is 2. The summed E-state index contributed by atoms with van der Waals surface area (Å²) in [6, 6.07) is 7.06. The number of aromatic nitrogens is 2. The summed E-state index contributed by atoms with van der Waals surface area (Å²) in [5.74, 6) is -0.841. The Morgan fingerprint density at radius 1 is 1.21 bits per heavy atom. The maximum absolute atomic E-state index is 13.8. The van der Waals surface area contributed by atoms with Crippen molar-refractivity contribution in [2.75, 3.05) is 25.0 Å².